The predicted molar refractivity (Wildman–Crippen MR) is 145 cm³/mol. The largest absolute Gasteiger partial charge is 0.493 e. The van der Waals surface area contributed by atoms with Gasteiger partial charge in [-0.15, -0.1) is 0 Å². The number of carbonyl (C=O) groups is 2. The van der Waals surface area contributed by atoms with Crippen LogP contribution in [0.25, 0.3) is 0 Å². The van der Waals surface area contributed by atoms with Crippen LogP contribution in [0.1, 0.15) is 66.2 Å². The fourth-order valence-corrected chi connectivity index (χ4v) is 4.30. The maximum absolute atomic E-state index is 13.0. The van der Waals surface area contributed by atoms with Crippen molar-refractivity contribution >= 4 is 50.8 Å². The molecule has 35 heavy (non-hydrogen) atoms. The number of para-hydroxylation sites is 1. The number of benzene rings is 2. The van der Waals surface area contributed by atoms with Crippen molar-refractivity contribution in [1.29, 1.82) is 0 Å². The molecular formula is C26H32BrN3O4S. The van der Waals surface area contributed by atoms with Crippen LogP contribution in [0.5, 0.6) is 5.75 Å². The van der Waals surface area contributed by atoms with E-state index in [1.54, 1.807) is 36.4 Å². The quantitative estimate of drug-likeness (QED) is 0.250. The minimum absolute atomic E-state index is 0.0488. The molecule has 0 bridgehead atoms. The fraction of sp³-hybridized carbons (Fsp3) is 0.423. The Labute approximate surface area is 220 Å². The van der Waals surface area contributed by atoms with Gasteiger partial charge in [-0.3, -0.25) is 14.9 Å². The normalized spacial score (nSPS) is 14.9. The lowest BCUT2D eigenvalue weighted by molar-refractivity contribution is 0.0858. The number of nitrogens with one attached hydrogen (secondary N) is 3. The zero-order valence-corrected chi connectivity index (χ0v) is 22.3. The first-order valence-corrected chi connectivity index (χ1v) is 13.2. The number of halogens is 1. The van der Waals surface area contributed by atoms with Crippen molar-refractivity contribution in [3.63, 3.8) is 0 Å². The number of thiocarbonyl (C=S) groups is 1. The van der Waals surface area contributed by atoms with Gasteiger partial charge < -0.3 is 20.1 Å². The van der Waals surface area contributed by atoms with Crippen molar-refractivity contribution in [2.45, 2.75) is 51.6 Å². The molecule has 0 radical (unpaired) electrons. The highest BCUT2D eigenvalue weighted by atomic mass is 79.9. The highest BCUT2D eigenvalue weighted by molar-refractivity contribution is 9.10. The molecule has 0 saturated carbocycles. The fourth-order valence-electron chi connectivity index (χ4n) is 3.74. The van der Waals surface area contributed by atoms with Gasteiger partial charge in [0, 0.05) is 17.6 Å². The van der Waals surface area contributed by atoms with Gasteiger partial charge in [0.25, 0.3) is 11.8 Å². The molecule has 0 aromatic heterocycles. The third-order valence-electron chi connectivity index (χ3n) is 5.60. The Morgan fingerprint density at radius 1 is 1.11 bits per heavy atom. The van der Waals surface area contributed by atoms with Crippen molar-refractivity contribution in [2.24, 2.45) is 0 Å². The van der Waals surface area contributed by atoms with Crippen molar-refractivity contribution in [3.8, 4) is 5.75 Å². The molecule has 1 aliphatic rings. The second kappa shape index (κ2) is 14.2. The van der Waals surface area contributed by atoms with Gasteiger partial charge in [0.15, 0.2) is 5.11 Å². The maximum atomic E-state index is 13.0. The van der Waals surface area contributed by atoms with Crippen molar-refractivity contribution in [2.75, 3.05) is 25.1 Å². The van der Waals surface area contributed by atoms with Crippen molar-refractivity contribution in [3.05, 3.63) is 58.1 Å². The van der Waals surface area contributed by atoms with Crippen LogP contribution in [0.2, 0.25) is 0 Å². The third kappa shape index (κ3) is 8.59. The molecule has 1 saturated heterocycles. The molecule has 1 aliphatic heterocycles. The van der Waals surface area contributed by atoms with Gasteiger partial charge in [-0.1, -0.05) is 54.2 Å². The molecule has 0 spiro atoms. The monoisotopic (exact) mass is 561 g/mol. The van der Waals surface area contributed by atoms with E-state index in [1.807, 2.05) is 6.07 Å². The highest BCUT2D eigenvalue weighted by Gasteiger charge is 2.19. The van der Waals surface area contributed by atoms with E-state index < -0.39 is 5.91 Å². The van der Waals surface area contributed by atoms with Crippen LogP contribution >= 0.6 is 28.1 Å². The van der Waals surface area contributed by atoms with Crippen LogP contribution in [0, 0.1) is 0 Å². The summed E-state index contributed by atoms with van der Waals surface area (Å²) in [7, 11) is 0. The van der Waals surface area contributed by atoms with Gasteiger partial charge in [-0.05, 0) is 61.8 Å². The SMILES string of the molecule is CCCCCCOc1ccc(Br)cc1C(=O)NC(=S)Nc1ccccc1C(=O)NCC1CCCO1. The molecular weight excluding hydrogens is 530 g/mol. The zero-order valence-electron chi connectivity index (χ0n) is 19.9. The predicted octanol–water partition coefficient (Wildman–Crippen LogP) is 5.44. The van der Waals surface area contributed by atoms with E-state index in [0.717, 1.165) is 49.6 Å². The van der Waals surface area contributed by atoms with Crippen LogP contribution in [-0.4, -0.2) is 42.8 Å². The summed E-state index contributed by atoms with van der Waals surface area (Å²) in [5.74, 6) is -0.130. The average Bonchev–Trinajstić information content (AvgIpc) is 3.37. The standard InChI is InChI=1S/C26H32BrN3O4S/c1-2-3-4-7-14-34-23-13-12-18(27)16-21(23)25(32)30-26(35)29-22-11-6-5-10-20(22)24(31)28-17-19-9-8-15-33-19/h5-6,10-13,16,19H,2-4,7-9,14-15,17H2,1H3,(H,28,31)(H2,29,30,32,35). The Morgan fingerprint density at radius 3 is 2.71 bits per heavy atom. The Balaban J connectivity index is 1.60. The summed E-state index contributed by atoms with van der Waals surface area (Å²) >= 11 is 8.79. The van der Waals surface area contributed by atoms with Crippen LogP contribution in [0.15, 0.2) is 46.9 Å². The molecule has 0 aliphatic carbocycles. The molecule has 188 valence electrons. The summed E-state index contributed by atoms with van der Waals surface area (Å²) in [4.78, 5) is 25.7. The number of hydrogen-bond donors (Lipinski definition) is 3. The maximum Gasteiger partial charge on any atom is 0.261 e. The van der Waals surface area contributed by atoms with Crippen LogP contribution in [0.3, 0.4) is 0 Å². The van der Waals surface area contributed by atoms with Gasteiger partial charge in [0.05, 0.1) is 29.5 Å². The number of unbranched alkanes of at least 4 members (excludes halogenated alkanes) is 3. The van der Waals surface area contributed by atoms with Crippen LogP contribution < -0.4 is 20.7 Å². The molecule has 7 nitrogen and oxygen atoms in total. The third-order valence-corrected chi connectivity index (χ3v) is 6.30. The molecule has 9 heteroatoms. The number of rotatable bonds is 11. The summed E-state index contributed by atoms with van der Waals surface area (Å²) in [6.45, 7) is 3.89. The summed E-state index contributed by atoms with van der Waals surface area (Å²) in [5, 5.41) is 8.67. The van der Waals surface area contributed by atoms with Gasteiger partial charge in [-0.2, -0.15) is 0 Å². The second-order valence-corrected chi connectivity index (χ2v) is 9.67. The summed E-state index contributed by atoms with van der Waals surface area (Å²) in [6.07, 6.45) is 6.32. The Hall–Kier alpha value is -2.49. The topological polar surface area (TPSA) is 88.7 Å². The van der Waals surface area contributed by atoms with Crippen molar-refractivity contribution in [1.82, 2.24) is 10.6 Å². The van der Waals surface area contributed by atoms with E-state index in [1.165, 1.54) is 0 Å². The number of anilines is 1. The van der Waals surface area contributed by atoms with E-state index in [2.05, 4.69) is 38.8 Å². The smallest absolute Gasteiger partial charge is 0.261 e. The summed E-state index contributed by atoms with van der Waals surface area (Å²) in [6, 6.07) is 12.3. The first-order chi connectivity index (χ1) is 17.0. The molecule has 2 aromatic rings. The second-order valence-electron chi connectivity index (χ2n) is 8.35. The van der Waals surface area contributed by atoms with E-state index in [-0.39, 0.29) is 17.1 Å². The van der Waals surface area contributed by atoms with Gasteiger partial charge in [0.1, 0.15) is 5.75 Å². The number of carbonyl (C=O) groups excluding carboxylic acids is 2. The molecule has 3 rings (SSSR count). The summed E-state index contributed by atoms with van der Waals surface area (Å²) in [5.41, 5.74) is 1.31. The number of ether oxygens (including phenoxy) is 2. The van der Waals surface area contributed by atoms with E-state index >= 15 is 0 Å². The van der Waals surface area contributed by atoms with Gasteiger partial charge in [0.2, 0.25) is 0 Å². The zero-order chi connectivity index (χ0) is 25.0. The van der Waals surface area contributed by atoms with E-state index in [0.29, 0.717) is 35.7 Å². The summed E-state index contributed by atoms with van der Waals surface area (Å²) < 4.78 is 12.2. The minimum Gasteiger partial charge on any atom is -0.493 e. The molecule has 2 amide bonds. The number of amides is 2. The average molecular weight is 563 g/mol. The lowest BCUT2D eigenvalue weighted by Gasteiger charge is -2.16. The minimum atomic E-state index is -0.396. The Kier molecular flexibility index (Phi) is 11.0. The van der Waals surface area contributed by atoms with Gasteiger partial charge >= 0.3 is 0 Å². The first-order valence-electron chi connectivity index (χ1n) is 12.0. The molecule has 1 atom stereocenters. The first kappa shape index (κ1) is 27.1. The number of hydrogen-bond acceptors (Lipinski definition) is 5. The van der Waals surface area contributed by atoms with Crippen LogP contribution in [0.4, 0.5) is 5.69 Å². The van der Waals surface area contributed by atoms with E-state index in [4.69, 9.17) is 21.7 Å². The molecule has 1 unspecified atom stereocenters. The lowest BCUT2D eigenvalue weighted by atomic mass is 10.1. The van der Waals surface area contributed by atoms with Crippen molar-refractivity contribution < 1.29 is 19.1 Å². The van der Waals surface area contributed by atoms with Crippen LogP contribution in [-0.2, 0) is 4.74 Å². The Bertz CT molecular complexity index is 1030. The van der Waals surface area contributed by atoms with E-state index in [9.17, 15) is 9.59 Å². The highest BCUT2D eigenvalue weighted by Crippen LogP contribution is 2.24. The Morgan fingerprint density at radius 2 is 1.94 bits per heavy atom. The molecule has 3 N–H and O–H groups in total. The molecule has 1 heterocycles. The molecule has 1 fully saturated rings. The molecule has 2 aromatic carbocycles. The lowest BCUT2D eigenvalue weighted by Crippen LogP contribution is -2.36. The van der Waals surface area contributed by atoms with Gasteiger partial charge in [-0.25, -0.2) is 0 Å².